The van der Waals surface area contributed by atoms with Gasteiger partial charge in [-0.2, -0.15) is 5.26 Å². The van der Waals surface area contributed by atoms with Crippen LogP contribution in [-0.2, 0) is 11.3 Å². The summed E-state index contributed by atoms with van der Waals surface area (Å²) in [6.07, 6.45) is 4.61. The van der Waals surface area contributed by atoms with Crippen LogP contribution in [0.15, 0.2) is 77.4 Å². The highest BCUT2D eigenvalue weighted by Gasteiger charge is 2.35. The zero-order valence-electron chi connectivity index (χ0n) is 27.2. The van der Waals surface area contributed by atoms with Crippen molar-refractivity contribution in [2.24, 2.45) is 0 Å². The fourth-order valence-corrected chi connectivity index (χ4v) is 6.68. The fourth-order valence-electron chi connectivity index (χ4n) is 6.68. The molecule has 6 rings (SSSR count). The Morgan fingerprint density at radius 3 is 2.43 bits per heavy atom. The zero-order valence-corrected chi connectivity index (χ0v) is 27.2. The van der Waals surface area contributed by atoms with Gasteiger partial charge in [0.2, 0.25) is 0 Å². The molecule has 4 aromatic rings. The number of piperazine rings is 1. The van der Waals surface area contributed by atoms with Crippen molar-refractivity contribution in [2.75, 3.05) is 45.0 Å². The van der Waals surface area contributed by atoms with Gasteiger partial charge in [0, 0.05) is 44.8 Å². The fraction of sp³-hybridized carbons (Fsp3) is 0.400. The number of fused-ring (bicyclic) bond motifs is 1. The number of nitrogens with two attached hydrogens (primary N) is 1. The van der Waals surface area contributed by atoms with E-state index in [-0.39, 0.29) is 35.6 Å². The van der Waals surface area contributed by atoms with Crippen LogP contribution in [0.3, 0.4) is 0 Å². The number of hydrogen-bond acceptors (Lipinski definition) is 9. The van der Waals surface area contributed by atoms with Crippen LogP contribution in [0.2, 0.25) is 0 Å². The number of likely N-dealkylation sites (N-methyl/N-ethyl adjacent to an activating group) is 1. The van der Waals surface area contributed by atoms with Crippen LogP contribution in [0.1, 0.15) is 33.6 Å². The number of nitriles is 1. The third kappa shape index (κ3) is 6.50. The number of amides is 1. The Balaban J connectivity index is 1.26. The molecular weight excluding hydrogens is 594 g/mol. The number of nitrogens with zero attached hydrogens (tertiary/aromatic N) is 8. The predicted octanol–water partition coefficient (Wildman–Crippen LogP) is 3.81. The zero-order chi connectivity index (χ0) is 33.1. The average molecular weight is 636 g/mol. The molecule has 4 heterocycles. The number of anilines is 1. The standard InChI is InChI=1S/C35H41N9O3/c1-4-40-17-19-41(20-18-40)35(2,3)21-25(22-36)33(45)42-16-8-9-27(42)23-43-32-30(31(37)38-24-39-32)44(34(43)46)26-12-14-29(15-13-26)47-28-10-6-5-7-11-28/h5-7,10-15,21,24,27H,4,8-9,16-20,23H2,1-3H3,(H2,37,38,39). The van der Waals surface area contributed by atoms with Gasteiger partial charge in [-0.3, -0.25) is 18.8 Å². The van der Waals surface area contributed by atoms with Gasteiger partial charge in [-0.25, -0.2) is 14.8 Å². The number of likely N-dealkylation sites (tertiary alicyclic amines) is 1. The van der Waals surface area contributed by atoms with Gasteiger partial charge in [0.05, 0.1) is 11.7 Å². The van der Waals surface area contributed by atoms with E-state index in [0.29, 0.717) is 41.3 Å². The quantitative estimate of drug-likeness (QED) is 0.215. The summed E-state index contributed by atoms with van der Waals surface area (Å²) in [4.78, 5) is 43.0. The molecule has 2 fully saturated rings. The van der Waals surface area contributed by atoms with Gasteiger partial charge in [-0.15, -0.1) is 0 Å². The van der Waals surface area contributed by atoms with Crippen molar-refractivity contribution in [3.63, 3.8) is 0 Å². The maximum absolute atomic E-state index is 14.1. The SMILES string of the molecule is CCN1CCN(C(C)(C)C=C(C#N)C(=O)N2CCCC2Cn2c(=O)n(-c3ccc(Oc4ccccc4)cc3)c3c(N)ncnc32)CC1. The lowest BCUT2D eigenvalue weighted by Crippen LogP contribution is -2.54. The first-order chi connectivity index (χ1) is 22.7. The van der Waals surface area contributed by atoms with Crippen molar-refractivity contribution in [3.8, 4) is 23.3 Å². The molecule has 244 valence electrons. The number of carbonyl (C=O) groups is 1. The summed E-state index contributed by atoms with van der Waals surface area (Å²) in [5.74, 6) is 1.19. The molecule has 2 N–H and O–H groups in total. The largest absolute Gasteiger partial charge is 0.457 e. The highest BCUT2D eigenvalue weighted by Crippen LogP contribution is 2.28. The summed E-state index contributed by atoms with van der Waals surface area (Å²) >= 11 is 0. The molecule has 0 saturated carbocycles. The Kier molecular flexibility index (Phi) is 9.11. The molecular formula is C35H41N9O3. The molecule has 47 heavy (non-hydrogen) atoms. The minimum absolute atomic E-state index is 0.124. The molecule has 2 aliphatic rings. The van der Waals surface area contributed by atoms with E-state index in [0.717, 1.165) is 39.1 Å². The summed E-state index contributed by atoms with van der Waals surface area (Å²) in [6.45, 7) is 11.7. The minimum atomic E-state index is -0.462. The summed E-state index contributed by atoms with van der Waals surface area (Å²) in [5.41, 5.74) is 7.00. The molecule has 12 nitrogen and oxygen atoms in total. The number of ether oxygens (including phenoxy) is 1. The highest BCUT2D eigenvalue weighted by molar-refractivity contribution is 5.97. The van der Waals surface area contributed by atoms with Gasteiger partial charge in [0.25, 0.3) is 5.91 Å². The van der Waals surface area contributed by atoms with E-state index >= 15 is 0 Å². The number of benzene rings is 2. The van der Waals surface area contributed by atoms with E-state index in [9.17, 15) is 14.9 Å². The summed E-state index contributed by atoms with van der Waals surface area (Å²) in [6, 6.07) is 18.5. The second-order valence-electron chi connectivity index (χ2n) is 12.6. The summed E-state index contributed by atoms with van der Waals surface area (Å²) in [5, 5.41) is 10.1. The number of hydrogen-bond donors (Lipinski definition) is 1. The number of aromatic nitrogens is 4. The highest BCUT2D eigenvalue weighted by atomic mass is 16.5. The third-order valence-corrected chi connectivity index (χ3v) is 9.32. The Labute approximate surface area is 274 Å². The third-order valence-electron chi connectivity index (χ3n) is 9.32. The Bertz CT molecular complexity index is 1860. The molecule has 1 amide bonds. The number of para-hydroxylation sites is 1. The molecule has 1 unspecified atom stereocenters. The van der Waals surface area contributed by atoms with Crippen LogP contribution >= 0.6 is 0 Å². The van der Waals surface area contributed by atoms with Crippen LogP contribution in [0.25, 0.3) is 16.9 Å². The van der Waals surface area contributed by atoms with Crippen molar-refractivity contribution in [1.82, 2.24) is 33.8 Å². The Morgan fingerprint density at radius 2 is 1.74 bits per heavy atom. The molecule has 1 atom stereocenters. The molecule has 2 aliphatic heterocycles. The lowest BCUT2D eigenvalue weighted by molar-refractivity contribution is -0.127. The van der Waals surface area contributed by atoms with E-state index in [2.05, 4.69) is 46.6 Å². The van der Waals surface area contributed by atoms with Crippen molar-refractivity contribution in [3.05, 3.63) is 83.1 Å². The van der Waals surface area contributed by atoms with E-state index in [1.165, 1.54) is 10.9 Å². The molecule has 12 heteroatoms. The van der Waals surface area contributed by atoms with Gasteiger partial charge in [0.1, 0.15) is 35.0 Å². The molecule has 0 bridgehead atoms. The Morgan fingerprint density at radius 1 is 1.04 bits per heavy atom. The second kappa shape index (κ2) is 13.4. The number of carbonyl (C=O) groups excluding carboxylic acids is 1. The number of imidazole rings is 1. The van der Waals surface area contributed by atoms with Crippen molar-refractivity contribution in [2.45, 2.75) is 51.7 Å². The lowest BCUT2D eigenvalue weighted by Gasteiger charge is -2.42. The second-order valence-corrected chi connectivity index (χ2v) is 12.6. The van der Waals surface area contributed by atoms with Gasteiger partial charge in [-0.05, 0) is 75.7 Å². The predicted molar refractivity (Wildman–Crippen MR) is 180 cm³/mol. The topological polar surface area (TPSA) is 139 Å². The van der Waals surface area contributed by atoms with Crippen LogP contribution in [-0.4, -0.2) is 90.6 Å². The molecule has 2 aromatic heterocycles. The Hall–Kier alpha value is -4.99. The molecule has 0 aliphatic carbocycles. The molecule has 0 spiro atoms. The maximum atomic E-state index is 14.1. The van der Waals surface area contributed by atoms with Gasteiger partial charge < -0.3 is 20.3 Å². The molecule has 0 radical (unpaired) electrons. The maximum Gasteiger partial charge on any atom is 0.335 e. The van der Waals surface area contributed by atoms with Crippen molar-refractivity contribution in [1.29, 1.82) is 5.26 Å². The van der Waals surface area contributed by atoms with Crippen LogP contribution in [0, 0.1) is 11.3 Å². The van der Waals surface area contributed by atoms with E-state index in [4.69, 9.17) is 10.5 Å². The van der Waals surface area contributed by atoms with Gasteiger partial charge >= 0.3 is 5.69 Å². The van der Waals surface area contributed by atoms with E-state index in [1.54, 1.807) is 33.7 Å². The first kappa shape index (κ1) is 32.0. The van der Waals surface area contributed by atoms with Crippen LogP contribution in [0.5, 0.6) is 11.5 Å². The van der Waals surface area contributed by atoms with Crippen LogP contribution < -0.4 is 16.2 Å². The minimum Gasteiger partial charge on any atom is -0.457 e. The van der Waals surface area contributed by atoms with Crippen molar-refractivity contribution < 1.29 is 9.53 Å². The number of nitrogen functional groups attached to an aromatic ring is 1. The smallest absolute Gasteiger partial charge is 0.335 e. The van der Waals surface area contributed by atoms with E-state index in [1.807, 2.05) is 36.4 Å². The first-order valence-electron chi connectivity index (χ1n) is 16.2. The number of rotatable bonds is 9. The first-order valence-corrected chi connectivity index (χ1v) is 16.2. The molecule has 2 aromatic carbocycles. The van der Waals surface area contributed by atoms with E-state index < -0.39 is 5.54 Å². The van der Waals surface area contributed by atoms with Crippen molar-refractivity contribution >= 4 is 22.9 Å². The van der Waals surface area contributed by atoms with Crippen LogP contribution in [0.4, 0.5) is 5.82 Å². The normalized spacial score (nSPS) is 18.0. The van der Waals surface area contributed by atoms with Gasteiger partial charge in [-0.1, -0.05) is 25.1 Å². The summed E-state index contributed by atoms with van der Waals surface area (Å²) in [7, 11) is 0. The lowest BCUT2D eigenvalue weighted by atomic mass is 9.97. The van der Waals surface area contributed by atoms with Gasteiger partial charge in [0.15, 0.2) is 11.5 Å². The monoisotopic (exact) mass is 635 g/mol. The average Bonchev–Trinajstić information content (AvgIpc) is 3.67. The molecule has 2 saturated heterocycles. The summed E-state index contributed by atoms with van der Waals surface area (Å²) < 4.78 is 8.99.